The van der Waals surface area contributed by atoms with E-state index in [0.29, 0.717) is 35.7 Å². The first-order valence-electron chi connectivity index (χ1n) is 7.78. The van der Waals surface area contributed by atoms with E-state index < -0.39 is 0 Å². The molecule has 24 heavy (non-hydrogen) atoms. The Morgan fingerprint density at radius 3 is 2.71 bits per heavy atom. The maximum atomic E-state index is 12.0. The highest BCUT2D eigenvalue weighted by atomic mass is 16.5. The van der Waals surface area contributed by atoms with Gasteiger partial charge in [-0.25, -0.2) is 9.97 Å². The van der Waals surface area contributed by atoms with E-state index in [-0.39, 0.29) is 5.91 Å². The van der Waals surface area contributed by atoms with E-state index in [4.69, 9.17) is 9.47 Å². The molecule has 1 aromatic carbocycles. The maximum Gasteiger partial charge on any atom is 0.270 e. The number of hydrogen-bond acceptors (Lipinski definition) is 6. The van der Waals surface area contributed by atoms with Crippen molar-refractivity contribution in [1.82, 2.24) is 15.3 Å². The van der Waals surface area contributed by atoms with Gasteiger partial charge in [-0.1, -0.05) is 6.07 Å². The molecule has 1 saturated carbocycles. The van der Waals surface area contributed by atoms with E-state index in [2.05, 4.69) is 20.6 Å². The number of hydrogen-bond donors (Lipinski definition) is 2. The molecule has 7 nitrogen and oxygen atoms in total. The monoisotopic (exact) mass is 328 g/mol. The first-order valence-corrected chi connectivity index (χ1v) is 7.78. The van der Waals surface area contributed by atoms with E-state index in [0.717, 1.165) is 18.4 Å². The molecule has 0 bridgehead atoms. The summed E-state index contributed by atoms with van der Waals surface area (Å²) in [7, 11) is 3.20. The molecule has 1 fully saturated rings. The number of benzene rings is 1. The van der Waals surface area contributed by atoms with Crippen LogP contribution in [-0.2, 0) is 6.54 Å². The first kappa shape index (κ1) is 16.0. The summed E-state index contributed by atoms with van der Waals surface area (Å²) in [6.45, 7) is 0.508. The van der Waals surface area contributed by atoms with Crippen LogP contribution in [0.15, 0.2) is 30.5 Å². The van der Waals surface area contributed by atoms with Gasteiger partial charge >= 0.3 is 0 Å². The van der Waals surface area contributed by atoms with Gasteiger partial charge < -0.3 is 20.1 Å². The Labute approximate surface area is 140 Å². The molecule has 1 aliphatic carbocycles. The molecule has 0 spiro atoms. The number of nitrogens with zero attached hydrogens (tertiary/aromatic N) is 2. The van der Waals surface area contributed by atoms with Crippen molar-refractivity contribution in [3.8, 4) is 11.5 Å². The Morgan fingerprint density at radius 1 is 1.21 bits per heavy atom. The fourth-order valence-electron chi connectivity index (χ4n) is 2.23. The lowest BCUT2D eigenvalue weighted by Gasteiger charge is -2.10. The van der Waals surface area contributed by atoms with Gasteiger partial charge in [0.05, 0.1) is 14.2 Å². The number of carbonyl (C=O) groups excluding carboxylic acids is 1. The second kappa shape index (κ2) is 7.16. The van der Waals surface area contributed by atoms with E-state index >= 15 is 0 Å². The number of carbonyl (C=O) groups is 1. The fourth-order valence-corrected chi connectivity index (χ4v) is 2.23. The molecule has 0 aliphatic heterocycles. The van der Waals surface area contributed by atoms with Gasteiger partial charge in [0.25, 0.3) is 5.91 Å². The minimum atomic E-state index is -0.158. The number of rotatable bonds is 7. The molecule has 1 heterocycles. The number of anilines is 1. The molecule has 1 aliphatic rings. The molecule has 0 unspecified atom stereocenters. The molecular weight excluding hydrogens is 308 g/mol. The molecule has 1 amide bonds. The van der Waals surface area contributed by atoms with Gasteiger partial charge in [0.1, 0.15) is 5.69 Å². The second-order valence-electron chi connectivity index (χ2n) is 5.56. The molecule has 126 valence electrons. The SMILES string of the molecule is COc1ccc(CNc2nccc(C(=O)NC3CC3)n2)cc1OC. The third-order valence-electron chi connectivity index (χ3n) is 3.70. The van der Waals surface area contributed by atoms with E-state index in [1.165, 1.54) is 0 Å². The summed E-state index contributed by atoms with van der Waals surface area (Å²) in [5.41, 5.74) is 1.36. The summed E-state index contributed by atoms with van der Waals surface area (Å²) < 4.78 is 10.5. The summed E-state index contributed by atoms with van der Waals surface area (Å²) in [6, 6.07) is 7.57. The molecule has 1 aromatic heterocycles. The second-order valence-corrected chi connectivity index (χ2v) is 5.56. The zero-order valence-electron chi connectivity index (χ0n) is 13.7. The highest BCUT2D eigenvalue weighted by Gasteiger charge is 2.24. The maximum absolute atomic E-state index is 12.0. The summed E-state index contributed by atoms with van der Waals surface area (Å²) in [5.74, 6) is 1.59. The minimum Gasteiger partial charge on any atom is -0.493 e. The molecular formula is C17H20N4O3. The number of methoxy groups -OCH3 is 2. The largest absolute Gasteiger partial charge is 0.493 e. The Morgan fingerprint density at radius 2 is 2.00 bits per heavy atom. The van der Waals surface area contributed by atoms with Gasteiger partial charge in [0.15, 0.2) is 11.5 Å². The van der Waals surface area contributed by atoms with Crippen LogP contribution >= 0.6 is 0 Å². The smallest absolute Gasteiger partial charge is 0.270 e. The van der Waals surface area contributed by atoms with E-state index in [9.17, 15) is 4.79 Å². The number of aromatic nitrogens is 2. The summed E-state index contributed by atoms with van der Waals surface area (Å²) >= 11 is 0. The van der Waals surface area contributed by atoms with Crippen LogP contribution in [0.2, 0.25) is 0 Å². The Hall–Kier alpha value is -2.83. The average molecular weight is 328 g/mol. The van der Waals surface area contributed by atoms with Crippen LogP contribution < -0.4 is 20.1 Å². The zero-order chi connectivity index (χ0) is 16.9. The summed E-state index contributed by atoms with van der Waals surface area (Å²) in [6.07, 6.45) is 3.66. The van der Waals surface area contributed by atoms with Gasteiger partial charge in [0, 0.05) is 18.8 Å². The number of nitrogens with one attached hydrogen (secondary N) is 2. The normalized spacial score (nSPS) is 13.2. The molecule has 0 saturated heterocycles. The van der Waals surface area contributed by atoms with Crippen molar-refractivity contribution >= 4 is 11.9 Å². The lowest BCUT2D eigenvalue weighted by atomic mass is 10.2. The quantitative estimate of drug-likeness (QED) is 0.808. The van der Waals surface area contributed by atoms with Crippen molar-refractivity contribution in [2.45, 2.75) is 25.4 Å². The fraction of sp³-hybridized carbons (Fsp3) is 0.353. The van der Waals surface area contributed by atoms with Gasteiger partial charge in [-0.05, 0) is 36.6 Å². The van der Waals surface area contributed by atoms with Crippen molar-refractivity contribution in [3.63, 3.8) is 0 Å². The van der Waals surface area contributed by atoms with Crippen molar-refractivity contribution in [2.75, 3.05) is 19.5 Å². The van der Waals surface area contributed by atoms with Crippen LogP contribution in [0.3, 0.4) is 0 Å². The number of ether oxygens (including phenoxy) is 2. The van der Waals surface area contributed by atoms with Gasteiger partial charge in [0.2, 0.25) is 5.95 Å². The lowest BCUT2D eigenvalue weighted by molar-refractivity contribution is 0.0946. The zero-order valence-corrected chi connectivity index (χ0v) is 13.7. The highest BCUT2D eigenvalue weighted by molar-refractivity contribution is 5.92. The van der Waals surface area contributed by atoms with E-state index in [1.54, 1.807) is 26.5 Å². The topological polar surface area (TPSA) is 85.4 Å². The lowest BCUT2D eigenvalue weighted by Crippen LogP contribution is -2.26. The Kier molecular flexibility index (Phi) is 4.79. The van der Waals surface area contributed by atoms with Crippen molar-refractivity contribution < 1.29 is 14.3 Å². The molecule has 0 atom stereocenters. The van der Waals surface area contributed by atoms with Crippen LogP contribution in [0.1, 0.15) is 28.9 Å². The molecule has 3 rings (SSSR count). The number of amides is 1. The molecule has 7 heteroatoms. The molecule has 2 aromatic rings. The van der Waals surface area contributed by atoms with Crippen LogP contribution in [0.4, 0.5) is 5.95 Å². The van der Waals surface area contributed by atoms with Gasteiger partial charge in [-0.3, -0.25) is 4.79 Å². The van der Waals surface area contributed by atoms with Crippen LogP contribution in [0.5, 0.6) is 11.5 Å². The van der Waals surface area contributed by atoms with Crippen molar-refractivity contribution in [1.29, 1.82) is 0 Å². The van der Waals surface area contributed by atoms with Crippen LogP contribution in [-0.4, -0.2) is 36.1 Å². The first-order chi connectivity index (χ1) is 11.7. The van der Waals surface area contributed by atoms with Gasteiger partial charge in [-0.2, -0.15) is 0 Å². The van der Waals surface area contributed by atoms with E-state index in [1.807, 2.05) is 18.2 Å². The minimum absolute atomic E-state index is 0.158. The predicted octanol–water partition coefficient (Wildman–Crippen LogP) is 2.00. The standard InChI is InChI=1S/C17H20N4O3/c1-23-14-6-3-11(9-15(14)24-2)10-19-17-18-8-7-13(21-17)16(22)20-12-4-5-12/h3,6-9,12H,4-5,10H2,1-2H3,(H,20,22)(H,18,19,21). The Bertz CT molecular complexity index is 732. The summed E-state index contributed by atoms with van der Waals surface area (Å²) in [5, 5.41) is 6.03. The molecule has 0 radical (unpaired) electrons. The van der Waals surface area contributed by atoms with Crippen molar-refractivity contribution in [2.24, 2.45) is 0 Å². The summed E-state index contributed by atoms with van der Waals surface area (Å²) in [4.78, 5) is 20.4. The Balaban J connectivity index is 1.64. The third-order valence-corrected chi connectivity index (χ3v) is 3.70. The van der Waals surface area contributed by atoms with Gasteiger partial charge in [-0.15, -0.1) is 0 Å². The highest BCUT2D eigenvalue weighted by Crippen LogP contribution is 2.27. The van der Waals surface area contributed by atoms with Crippen LogP contribution in [0, 0.1) is 0 Å². The predicted molar refractivity (Wildman–Crippen MR) is 89.4 cm³/mol. The third kappa shape index (κ3) is 3.92. The average Bonchev–Trinajstić information content (AvgIpc) is 3.43. The molecule has 2 N–H and O–H groups in total. The van der Waals surface area contributed by atoms with Crippen LogP contribution in [0.25, 0.3) is 0 Å². The van der Waals surface area contributed by atoms with Crippen molar-refractivity contribution in [3.05, 3.63) is 41.7 Å².